The molecule has 0 bridgehead atoms. The number of likely N-dealkylation sites (N-methyl/N-ethyl adjacent to an activating group) is 1. The summed E-state index contributed by atoms with van der Waals surface area (Å²) < 4.78 is 2.23. The predicted octanol–water partition coefficient (Wildman–Crippen LogP) is 3.39. The molecule has 0 spiro atoms. The maximum atomic E-state index is 4.80. The van der Waals surface area contributed by atoms with Gasteiger partial charge in [0.1, 0.15) is 5.82 Å². The van der Waals surface area contributed by atoms with Crippen LogP contribution in [-0.2, 0) is 13.5 Å². The van der Waals surface area contributed by atoms with Gasteiger partial charge in [-0.15, -0.1) is 0 Å². The van der Waals surface area contributed by atoms with Crippen molar-refractivity contribution in [1.82, 2.24) is 14.9 Å². The fourth-order valence-corrected chi connectivity index (χ4v) is 2.75. The summed E-state index contributed by atoms with van der Waals surface area (Å²) in [4.78, 5) is 4.80. The number of nitrogens with zero attached hydrogens (tertiary/aromatic N) is 2. The van der Waals surface area contributed by atoms with Gasteiger partial charge in [0.25, 0.3) is 0 Å². The molecule has 3 heteroatoms. The van der Waals surface area contributed by atoms with E-state index >= 15 is 0 Å². The highest BCUT2D eigenvalue weighted by atomic mass is 15.1. The van der Waals surface area contributed by atoms with E-state index in [-0.39, 0.29) is 0 Å². The van der Waals surface area contributed by atoms with Gasteiger partial charge in [-0.25, -0.2) is 4.98 Å². The molecular formula is C17H27N3. The van der Waals surface area contributed by atoms with Gasteiger partial charge in [0, 0.05) is 19.5 Å². The summed E-state index contributed by atoms with van der Waals surface area (Å²) in [5.74, 6) is 2.48. The van der Waals surface area contributed by atoms with Crippen molar-refractivity contribution in [3.63, 3.8) is 0 Å². The van der Waals surface area contributed by atoms with Crippen molar-refractivity contribution >= 4 is 11.0 Å². The van der Waals surface area contributed by atoms with Crippen LogP contribution in [0.5, 0.6) is 0 Å². The summed E-state index contributed by atoms with van der Waals surface area (Å²) in [6.07, 6.45) is 0.984. The van der Waals surface area contributed by atoms with Crippen LogP contribution < -0.4 is 5.32 Å². The Balaban J connectivity index is 2.26. The number of para-hydroxylation sites is 2. The van der Waals surface area contributed by atoms with Crippen molar-refractivity contribution in [3.05, 3.63) is 30.1 Å². The summed E-state index contributed by atoms with van der Waals surface area (Å²) in [7, 11) is 2.12. The van der Waals surface area contributed by atoms with E-state index < -0.39 is 0 Å². The summed E-state index contributed by atoms with van der Waals surface area (Å²) in [5.41, 5.74) is 2.31. The minimum Gasteiger partial charge on any atom is -0.331 e. The van der Waals surface area contributed by atoms with Gasteiger partial charge in [0.15, 0.2) is 0 Å². The number of hydrogen-bond acceptors (Lipinski definition) is 2. The Bertz CT molecular complexity index is 556. The number of aromatic nitrogens is 2. The molecule has 0 aliphatic heterocycles. The highest BCUT2D eigenvalue weighted by molar-refractivity contribution is 5.75. The first kappa shape index (κ1) is 15.0. The SMILES string of the molecule is CCNC(Cc1nc2ccccc2n1C)C(C)C(C)C. The van der Waals surface area contributed by atoms with Crippen LogP contribution in [0.4, 0.5) is 0 Å². The lowest BCUT2D eigenvalue weighted by atomic mass is 9.88. The molecule has 2 atom stereocenters. The normalized spacial score (nSPS) is 14.9. The zero-order chi connectivity index (χ0) is 14.7. The van der Waals surface area contributed by atoms with Gasteiger partial charge in [0.2, 0.25) is 0 Å². The molecule has 0 fully saturated rings. The molecule has 110 valence electrons. The second-order valence-corrected chi connectivity index (χ2v) is 6.05. The number of hydrogen-bond donors (Lipinski definition) is 1. The molecule has 1 aromatic heterocycles. The van der Waals surface area contributed by atoms with Crippen molar-refractivity contribution in [2.75, 3.05) is 6.54 Å². The number of fused-ring (bicyclic) bond motifs is 1. The topological polar surface area (TPSA) is 29.9 Å². The fourth-order valence-electron chi connectivity index (χ4n) is 2.75. The Hall–Kier alpha value is -1.35. The summed E-state index contributed by atoms with van der Waals surface area (Å²) in [6.45, 7) is 10.1. The number of imidazole rings is 1. The van der Waals surface area contributed by atoms with E-state index in [9.17, 15) is 0 Å². The maximum absolute atomic E-state index is 4.80. The van der Waals surface area contributed by atoms with Crippen LogP contribution in [0.1, 0.15) is 33.5 Å². The maximum Gasteiger partial charge on any atom is 0.111 e. The van der Waals surface area contributed by atoms with E-state index in [1.54, 1.807) is 0 Å². The Morgan fingerprint density at radius 3 is 2.50 bits per heavy atom. The monoisotopic (exact) mass is 273 g/mol. The lowest BCUT2D eigenvalue weighted by molar-refractivity contribution is 0.296. The van der Waals surface area contributed by atoms with Crippen molar-refractivity contribution < 1.29 is 0 Å². The standard InChI is InChI=1S/C17H27N3/c1-6-18-15(13(4)12(2)3)11-17-19-14-9-7-8-10-16(14)20(17)5/h7-10,12-13,15,18H,6,11H2,1-5H3. The van der Waals surface area contributed by atoms with Crippen LogP contribution in [0, 0.1) is 11.8 Å². The van der Waals surface area contributed by atoms with E-state index in [0.717, 1.165) is 18.5 Å². The molecule has 0 saturated heterocycles. The average molecular weight is 273 g/mol. The Labute approximate surface area is 122 Å². The second-order valence-electron chi connectivity index (χ2n) is 6.05. The molecule has 1 aromatic carbocycles. The highest BCUT2D eigenvalue weighted by Crippen LogP contribution is 2.20. The number of aryl methyl sites for hydroxylation is 1. The van der Waals surface area contributed by atoms with E-state index in [0.29, 0.717) is 17.9 Å². The van der Waals surface area contributed by atoms with Crippen LogP contribution in [0.25, 0.3) is 11.0 Å². The molecule has 2 aromatic rings. The molecule has 1 N–H and O–H groups in total. The van der Waals surface area contributed by atoms with Gasteiger partial charge < -0.3 is 9.88 Å². The number of benzene rings is 1. The first-order valence-corrected chi connectivity index (χ1v) is 7.68. The third-order valence-corrected chi connectivity index (χ3v) is 4.43. The van der Waals surface area contributed by atoms with Crippen molar-refractivity contribution in [3.8, 4) is 0 Å². The molecule has 0 amide bonds. The minimum atomic E-state index is 0.482. The predicted molar refractivity (Wildman–Crippen MR) is 85.9 cm³/mol. The molecule has 2 unspecified atom stereocenters. The molecule has 0 saturated carbocycles. The Morgan fingerprint density at radius 2 is 1.90 bits per heavy atom. The van der Waals surface area contributed by atoms with E-state index in [1.165, 1.54) is 11.3 Å². The molecule has 0 aliphatic carbocycles. The third-order valence-electron chi connectivity index (χ3n) is 4.43. The van der Waals surface area contributed by atoms with E-state index in [4.69, 9.17) is 4.98 Å². The van der Waals surface area contributed by atoms with E-state index in [1.807, 2.05) is 0 Å². The lowest BCUT2D eigenvalue weighted by Gasteiger charge is -2.27. The molecule has 3 nitrogen and oxygen atoms in total. The minimum absolute atomic E-state index is 0.482. The fraction of sp³-hybridized carbons (Fsp3) is 0.588. The van der Waals surface area contributed by atoms with Crippen molar-refractivity contribution in [2.24, 2.45) is 18.9 Å². The van der Waals surface area contributed by atoms with Gasteiger partial charge >= 0.3 is 0 Å². The van der Waals surface area contributed by atoms with Crippen LogP contribution in [0.2, 0.25) is 0 Å². The van der Waals surface area contributed by atoms with Gasteiger partial charge in [0.05, 0.1) is 11.0 Å². The first-order valence-electron chi connectivity index (χ1n) is 7.68. The molecule has 2 rings (SSSR count). The average Bonchev–Trinajstić information content (AvgIpc) is 2.74. The summed E-state index contributed by atoms with van der Waals surface area (Å²) in [5, 5.41) is 3.63. The summed E-state index contributed by atoms with van der Waals surface area (Å²) in [6, 6.07) is 8.84. The molecule has 0 radical (unpaired) electrons. The van der Waals surface area contributed by atoms with Crippen LogP contribution in [0.15, 0.2) is 24.3 Å². The van der Waals surface area contributed by atoms with Gasteiger partial charge in [-0.1, -0.05) is 39.8 Å². The van der Waals surface area contributed by atoms with Crippen LogP contribution in [-0.4, -0.2) is 22.1 Å². The smallest absolute Gasteiger partial charge is 0.111 e. The third kappa shape index (κ3) is 3.04. The number of rotatable bonds is 6. The Morgan fingerprint density at radius 1 is 1.20 bits per heavy atom. The molecular weight excluding hydrogens is 246 g/mol. The van der Waals surface area contributed by atoms with Crippen LogP contribution >= 0.6 is 0 Å². The van der Waals surface area contributed by atoms with Crippen molar-refractivity contribution in [1.29, 1.82) is 0 Å². The molecule has 1 heterocycles. The van der Waals surface area contributed by atoms with Crippen molar-refractivity contribution in [2.45, 2.75) is 40.2 Å². The summed E-state index contributed by atoms with van der Waals surface area (Å²) >= 11 is 0. The van der Waals surface area contributed by atoms with Crippen LogP contribution in [0.3, 0.4) is 0 Å². The second kappa shape index (κ2) is 6.40. The van der Waals surface area contributed by atoms with E-state index in [2.05, 4.69) is 68.9 Å². The van der Waals surface area contributed by atoms with Gasteiger partial charge in [-0.2, -0.15) is 0 Å². The largest absolute Gasteiger partial charge is 0.331 e. The zero-order valence-corrected chi connectivity index (χ0v) is 13.4. The van der Waals surface area contributed by atoms with Gasteiger partial charge in [-0.05, 0) is 30.5 Å². The molecule has 20 heavy (non-hydrogen) atoms. The highest BCUT2D eigenvalue weighted by Gasteiger charge is 2.22. The lowest BCUT2D eigenvalue weighted by Crippen LogP contribution is -2.39. The molecule has 0 aliphatic rings. The van der Waals surface area contributed by atoms with Gasteiger partial charge in [-0.3, -0.25) is 0 Å². The quantitative estimate of drug-likeness (QED) is 0.874. The number of nitrogens with one attached hydrogen (secondary N) is 1. The zero-order valence-electron chi connectivity index (χ0n) is 13.4. The Kier molecular flexibility index (Phi) is 4.81. The first-order chi connectivity index (χ1) is 9.54.